The molecular weight excluding hydrogens is 322 g/mol. The number of anilines is 2. The third-order valence-electron chi connectivity index (χ3n) is 3.06. The van der Waals surface area contributed by atoms with Gasteiger partial charge in [-0.3, -0.25) is 4.79 Å². The molecule has 0 saturated heterocycles. The van der Waals surface area contributed by atoms with E-state index < -0.39 is 0 Å². The van der Waals surface area contributed by atoms with E-state index in [1.165, 1.54) is 4.57 Å². The van der Waals surface area contributed by atoms with Gasteiger partial charge in [-0.15, -0.1) is 0 Å². The Labute approximate surface area is 135 Å². The van der Waals surface area contributed by atoms with Crippen LogP contribution in [0.5, 0.6) is 5.75 Å². The van der Waals surface area contributed by atoms with Crippen molar-refractivity contribution in [2.75, 3.05) is 12.4 Å². The van der Waals surface area contributed by atoms with Gasteiger partial charge < -0.3 is 10.1 Å². The largest absolute Gasteiger partial charge is 0.497 e. The first kappa shape index (κ1) is 14.6. The van der Waals surface area contributed by atoms with Crippen LogP contribution in [0.2, 0.25) is 5.02 Å². The molecular formula is C15H12ClN3O2S. The minimum absolute atomic E-state index is 0.181. The monoisotopic (exact) mass is 333 g/mol. The molecule has 0 spiro atoms. The van der Waals surface area contributed by atoms with E-state index in [9.17, 15) is 4.79 Å². The lowest BCUT2D eigenvalue weighted by Gasteiger charge is -2.10. The SMILES string of the molecule is COc1ccc(-n2c(Nc3ccccc3Cl)nsc2=O)cc1. The molecule has 5 nitrogen and oxygen atoms in total. The molecule has 1 heterocycles. The van der Waals surface area contributed by atoms with Crippen molar-refractivity contribution in [3.8, 4) is 11.4 Å². The maximum Gasteiger partial charge on any atom is 0.332 e. The molecule has 0 radical (unpaired) electrons. The van der Waals surface area contributed by atoms with Gasteiger partial charge in [0.2, 0.25) is 5.95 Å². The first-order chi connectivity index (χ1) is 10.7. The zero-order chi connectivity index (χ0) is 15.5. The lowest BCUT2D eigenvalue weighted by Crippen LogP contribution is -2.13. The van der Waals surface area contributed by atoms with Gasteiger partial charge in [-0.25, -0.2) is 4.57 Å². The fraction of sp³-hybridized carbons (Fsp3) is 0.0667. The molecule has 0 saturated carbocycles. The van der Waals surface area contributed by atoms with Gasteiger partial charge in [0.15, 0.2) is 0 Å². The molecule has 0 amide bonds. The predicted octanol–water partition coefficient (Wildman–Crippen LogP) is 3.70. The number of nitrogens with zero attached hydrogens (tertiary/aromatic N) is 2. The lowest BCUT2D eigenvalue weighted by atomic mass is 10.3. The van der Waals surface area contributed by atoms with Gasteiger partial charge in [-0.2, -0.15) is 4.37 Å². The van der Waals surface area contributed by atoms with Gasteiger partial charge in [-0.1, -0.05) is 23.7 Å². The van der Waals surface area contributed by atoms with Gasteiger partial charge in [0.25, 0.3) is 0 Å². The van der Waals surface area contributed by atoms with Crippen LogP contribution >= 0.6 is 23.1 Å². The summed E-state index contributed by atoms with van der Waals surface area (Å²) in [7, 11) is 1.59. The molecule has 2 aromatic carbocycles. The van der Waals surface area contributed by atoms with Crippen LogP contribution in [0, 0.1) is 0 Å². The number of hydrogen-bond donors (Lipinski definition) is 1. The average molecular weight is 334 g/mol. The van der Waals surface area contributed by atoms with Crippen LogP contribution in [0.3, 0.4) is 0 Å². The molecule has 3 rings (SSSR count). The Hall–Kier alpha value is -2.31. The first-order valence-corrected chi connectivity index (χ1v) is 7.59. The second kappa shape index (κ2) is 6.21. The van der Waals surface area contributed by atoms with E-state index in [1.54, 1.807) is 37.4 Å². The molecule has 22 heavy (non-hydrogen) atoms. The summed E-state index contributed by atoms with van der Waals surface area (Å²) >= 11 is 7.01. The first-order valence-electron chi connectivity index (χ1n) is 6.44. The van der Waals surface area contributed by atoms with E-state index in [2.05, 4.69) is 9.69 Å². The molecule has 0 aliphatic heterocycles. The van der Waals surface area contributed by atoms with Crippen LogP contribution in [0.15, 0.2) is 53.3 Å². The fourth-order valence-corrected chi connectivity index (χ4v) is 2.72. The van der Waals surface area contributed by atoms with Crippen molar-refractivity contribution in [3.05, 3.63) is 63.2 Å². The number of nitrogens with one attached hydrogen (secondary N) is 1. The van der Waals surface area contributed by atoms with E-state index >= 15 is 0 Å². The molecule has 7 heteroatoms. The minimum atomic E-state index is -0.181. The van der Waals surface area contributed by atoms with E-state index in [0.717, 1.165) is 17.3 Å². The normalized spacial score (nSPS) is 10.5. The van der Waals surface area contributed by atoms with Crippen LogP contribution in [0.25, 0.3) is 5.69 Å². The van der Waals surface area contributed by atoms with E-state index in [-0.39, 0.29) is 4.87 Å². The van der Waals surface area contributed by atoms with Crippen LogP contribution in [0.4, 0.5) is 11.6 Å². The number of benzene rings is 2. The quantitative estimate of drug-likeness (QED) is 0.791. The standard InChI is InChI=1S/C15H12ClN3O2S/c1-21-11-8-6-10(7-9-11)19-14(18-22-15(19)20)17-13-5-3-2-4-12(13)16/h2-9H,1H3,(H,17,18). The van der Waals surface area contributed by atoms with Gasteiger partial charge in [-0.05, 0) is 36.4 Å². The summed E-state index contributed by atoms with van der Waals surface area (Å²) in [6.07, 6.45) is 0. The van der Waals surface area contributed by atoms with Crippen LogP contribution in [0.1, 0.15) is 0 Å². The number of halogens is 1. The Morgan fingerprint density at radius 2 is 1.91 bits per heavy atom. The number of ether oxygens (including phenoxy) is 1. The molecule has 0 aliphatic carbocycles. The summed E-state index contributed by atoms with van der Waals surface area (Å²) in [5.41, 5.74) is 1.39. The summed E-state index contributed by atoms with van der Waals surface area (Å²) in [5, 5.41) is 3.65. The number of methoxy groups -OCH3 is 1. The van der Waals surface area contributed by atoms with Gasteiger partial charge >= 0.3 is 4.87 Å². The van der Waals surface area contributed by atoms with Crippen molar-refractivity contribution < 1.29 is 4.74 Å². The zero-order valence-corrected chi connectivity index (χ0v) is 13.2. The lowest BCUT2D eigenvalue weighted by molar-refractivity contribution is 0.414. The Balaban J connectivity index is 2.00. The Morgan fingerprint density at radius 1 is 1.18 bits per heavy atom. The number of hydrogen-bond acceptors (Lipinski definition) is 5. The maximum absolute atomic E-state index is 12.1. The van der Waals surface area contributed by atoms with E-state index in [0.29, 0.717) is 22.3 Å². The summed E-state index contributed by atoms with van der Waals surface area (Å²) in [6, 6.07) is 14.5. The number of para-hydroxylation sites is 1. The van der Waals surface area contributed by atoms with Crippen LogP contribution < -0.4 is 14.9 Å². The zero-order valence-electron chi connectivity index (χ0n) is 11.6. The van der Waals surface area contributed by atoms with Gasteiger partial charge in [0.1, 0.15) is 5.75 Å². The Morgan fingerprint density at radius 3 is 2.59 bits per heavy atom. The molecule has 1 N–H and O–H groups in total. The summed E-state index contributed by atoms with van der Waals surface area (Å²) in [6.45, 7) is 0. The number of aromatic nitrogens is 2. The van der Waals surface area contributed by atoms with Crippen LogP contribution in [-0.4, -0.2) is 16.1 Å². The van der Waals surface area contributed by atoms with Crippen molar-refractivity contribution in [3.63, 3.8) is 0 Å². The Kier molecular flexibility index (Phi) is 4.13. The van der Waals surface area contributed by atoms with Crippen molar-refractivity contribution in [1.29, 1.82) is 0 Å². The summed E-state index contributed by atoms with van der Waals surface area (Å²) in [5.74, 6) is 1.15. The maximum atomic E-state index is 12.1. The van der Waals surface area contributed by atoms with Crippen molar-refractivity contribution >= 4 is 34.8 Å². The molecule has 3 aromatic rings. The minimum Gasteiger partial charge on any atom is -0.497 e. The average Bonchev–Trinajstić information content (AvgIpc) is 2.90. The Bertz CT molecular complexity index is 842. The fourth-order valence-electron chi connectivity index (χ4n) is 1.97. The topological polar surface area (TPSA) is 56.1 Å². The highest BCUT2D eigenvalue weighted by Gasteiger charge is 2.12. The molecule has 0 aliphatic rings. The molecule has 0 unspecified atom stereocenters. The molecule has 0 bridgehead atoms. The van der Waals surface area contributed by atoms with Gasteiger partial charge in [0.05, 0.1) is 23.5 Å². The van der Waals surface area contributed by atoms with E-state index in [4.69, 9.17) is 16.3 Å². The van der Waals surface area contributed by atoms with Gasteiger partial charge in [0, 0.05) is 11.5 Å². The van der Waals surface area contributed by atoms with E-state index in [1.807, 2.05) is 18.2 Å². The smallest absolute Gasteiger partial charge is 0.332 e. The summed E-state index contributed by atoms with van der Waals surface area (Å²) < 4.78 is 10.8. The van der Waals surface area contributed by atoms with Crippen LogP contribution in [-0.2, 0) is 0 Å². The highest BCUT2D eigenvalue weighted by molar-refractivity contribution is 7.03. The second-order valence-corrected chi connectivity index (χ2v) is 5.53. The van der Waals surface area contributed by atoms with Crippen molar-refractivity contribution in [2.45, 2.75) is 0 Å². The molecule has 0 atom stereocenters. The van der Waals surface area contributed by atoms with Crippen molar-refractivity contribution in [2.24, 2.45) is 0 Å². The second-order valence-electron chi connectivity index (χ2n) is 4.41. The highest BCUT2D eigenvalue weighted by atomic mass is 35.5. The van der Waals surface area contributed by atoms with Crippen molar-refractivity contribution in [1.82, 2.24) is 8.94 Å². The molecule has 112 valence electrons. The number of rotatable bonds is 4. The third-order valence-corrected chi connectivity index (χ3v) is 3.99. The molecule has 1 aromatic heterocycles. The molecule has 0 fully saturated rings. The highest BCUT2D eigenvalue weighted by Crippen LogP contribution is 2.25. The third kappa shape index (κ3) is 2.84. The summed E-state index contributed by atoms with van der Waals surface area (Å²) in [4.78, 5) is 11.9. The predicted molar refractivity (Wildman–Crippen MR) is 89.0 cm³/mol.